The van der Waals surface area contributed by atoms with Gasteiger partial charge in [-0.05, 0) is 73.4 Å². The van der Waals surface area contributed by atoms with E-state index in [1.165, 1.54) is 12.1 Å². The van der Waals surface area contributed by atoms with Crippen molar-refractivity contribution < 1.29 is 23.9 Å². The molecule has 1 heterocycles. The fourth-order valence-electron chi connectivity index (χ4n) is 6.30. The Morgan fingerprint density at radius 2 is 1.85 bits per heavy atom. The van der Waals surface area contributed by atoms with Gasteiger partial charge >= 0.3 is 5.97 Å². The number of rotatable bonds is 10. The smallest absolute Gasteiger partial charge is 0.305 e. The number of amides is 2. The molecule has 2 N–H and O–H groups in total. The summed E-state index contributed by atoms with van der Waals surface area (Å²) in [6.07, 6.45) is 4.93. The van der Waals surface area contributed by atoms with Gasteiger partial charge in [-0.1, -0.05) is 57.3 Å². The second kappa shape index (κ2) is 12.5. The van der Waals surface area contributed by atoms with Crippen LogP contribution in [0.3, 0.4) is 0 Å². The van der Waals surface area contributed by atoms with Crippen molar-refractivity contribution in [1.82, 2.24) is 10.2 Å². The molecule has 1 aliphatic carbocycles. The zero-order valence-electron chi connectivity index (χ0n) is 23.3. The lowest BCUT2D eigenvalue weighted by atomic mass is 9.75. The van der Waals surface area contributed by atoms with Gasteiger partial charge in [-0.15, -0.1) is 0 Å². The van der Waals surface area contributed by atoms with E-state index in [-0.39, 0.29) is 35.8 Å². The van der Waals surface area contributed by atoms with Crippen molar-refractivity contribution in [1.29, 1.82) is 0 Å². The minimum atomic E-state index is -0.977. The number of benzene rings is 2. The normalized spacial score (nSPS) is 23.3. The number of aliphatic carboxylic acids is 1. The van der Waals surface area contributed by atoms with Gasteiger partial charge in [0.25, 0.3) is 11.8 Å². The number of halogens is 2. The van der Waals surface area contributed by atoms with Crippen LogP contribution in [0.1, 0.15) is 93.2 Å². The van der Waals surface area contributed by atoms with E-state index in [0.29, 0.717) is 28.7 Å². The number of carboxylic acids is 1. The van der Waals surface area contributed by atoms with Crippen molar-refractivity contribution in [2.75, 3.05) is 6.54 Å². The van der Waals surface area contributed by atoms with Crippen LogP contribution in [0.25, 0.3) is 0 Å². The monoisotopic (exact) mass is 569 g/mol. The van der Waals surface area contributed by atoms with E-state index in [1.807, 2.05) is 17.0 Å². The van der Waals surface area contributed by atoms with Crippen LogP contribution in [-0.4, -0.2) is 45.7 Å². The SMILES string of the molecule is CCCC[C@H](c1ccc(C(=O)NCCC(=O)O)cc1)N1C(=O)C(c2ccc(F)c(Cl)c2)=NC12CC(C)CC(C)C2. The van der Waals surface area contributed by atoms with Gasteiger partial charge in [0.05, 0.1) is 17.5 Å². The maximum atomic E-state index is 14.3. The van der Waals surface area contributed by atoms with Gasteiger partial charge in [-0.2, -0.15) is 0 Å². The zero-order chi connectivity index (χ0) is 29.0. The molecule has 1 fully saturated rings. The van der Waals surface area contributed by atoms with Crippen LogP contribution < -0.4 is 5.32 Å². The fourth-order valence-corrected chi connectivity index (χ4v) is 6.48. The third-order valence-corrected chi connectivity index (χ3v) is 8.15. The standard InChI is InChI=1S/C31H37ClFN3O4/c1-4-5-6-26(21-7-9-22(10-8-21)29(39)34-14-13-27(37)38)36-30(40)28(23-11-12-25(33)24(32)16-23)35-31(36)17-19(2)15-20(3)18-31/h7-12,16,19-20,26H,4-6,13-15,17-18H2,1-3H3,(H,34,39)(H,37,38)/t19?,20?,26-,31?/m1/s1. The first kappa shape index (κ1) is 29.7. The second-order valence-electron chi connectivity index (χ2n) is 11.3. The quantitative estimate of drug-likeness (QED) is 0.346. The summed E-state index contributed by atoms with van der Waals surface area (Å²) in [6, 6.07) is 11.2. The summed E-state index contributed by atoms with van der Waals surface area (Å²) in [6.45, 7) is 6.54. The molecule has 40 heavy (non-hydrogen) atoms. The van der Waals surface area contributed by atoms with Crippen molar-refractivity contribution >= 4 is 35.1 Å². The number of carbonyl (C=O) groups excluding carboxylic acids is 2. The summed E-state index contributed by atoms with van der Waals surface area (Å²) in [5.41, 5.74) is 1.41. The Bertz CT molecular complexity index is 1290. The molecule has 2 aromatic carbocycles. The second-order valence-corrected chi connectivity index (χ2v) is 11.7. The topological polar surface area (TPSA) is 99.1 Å². The number of unbranched alkanes of at least 4 members (excludes halogenated alkanes) is 1. The highest BCUT2D eigenvalue weighted by atomic mass is 35.5. The van der Waals surface area contributed by atoms with E-state index in [1.54, 1.807) is 18.2 Å². The van der Waals surface area contributed by atoms with E-state index in [2.05, 4.69) is 26.1 Å². The number of carbonyl (C=O) groups is 3. The Hall–Kier alpha value is -3.26. The fraction of sp³-hybridized carbons (Fsp3) is 0.484. The molecule has 0 radical (unpaired) electrons. The Morgan fingerprint density at radius 1 is 1.18 bits per heavy atom. The molecule has 1 spiro atoms. The molecule has 2 amide bonds. The average molecular weight is 570 g/mol. The molecule has 1 aliphatic heterocycles. The number of carboxylic acid groups (broad SMARTS) is 1. The van der Waals surface area contributed by atoms with Crippen molar-refractivity contribution in [3.63, 3.8) is 0 Å². The zero-order valence-corrected chi connectivity index (χ0v) is 24.0. The predicted octanol–water partition coefficient (Wildman–Crippen LogP) is 6.40. The highest BCUT2D eigenvalue weighted by Crippen LogP contribution is 2.48. The Balaban J connectivity index is 1.71. The minimum Gasteiger partial charge on any atom is -0.481 e. The summed E-state index contributed by atoms with van der Waals surface area (Å²) in [7, 11) is 0. The minimum absolute atomic E-state index is 0.0454. The van der Waals surface area contributed by atoms with E-state index in [4.69, 9.17) is 21.7 Å². The molecule has 0 aromatic heterocycles. The summed E-state index contributed by atoms with van der Waals surface area (Å²) >= 11 is 6.10. The summed E-state index contributed by atoms with van der Waals surface area (Å²) in [5.74, 6) is -1.34. The molecule has 2 unspecified atom stereocenters. The van der Waals surface area contributed by atoms with Gasteiger partial charge in [0, 0.05) is 17.7 Å². The molecule has 2 aliphatic rings. The molecule has 9 heteroatoms. The molecule has 7 nitrogen and oxygen atoms in total. The van der Waals surface area contributed by atoms with Crippen molar-refractivity contribution in [2.24, 2.45) is 16.8 Å². The molecule has 0 saturated heterocycles. The molecular formula is C31H37ClFN3O4. The van der Waals surface area contributed by atoms with Crippen LogP contribution in [0.15, 0.2) is 47.5 Å². The van der Waals surface area contributed by atoms with Crippen LogP contribution in [0.2, 0.25) is 5.02 Å². The molecule has 214 valence electrons. The lowest BCUT2D eigenvalue weighted by Gasteiger charge is -2.47. The molecule has 3 atom stereocenters. The van der Waals surface area contributed by atoms with E-state index in [9.17, 15) is 18.8 Å². The van der Waals surface area contributed by atoms with Crippen LogP contribution in [0, 0.1) is 17.7 Å². The van der Waals surface area contributed by atoms with Gasteiger partial charge in [-0.25, -0.2) is 4.39 Å². The number of nitrogens with one attached hydrogen (secondary N) is 1. The van der Waals surface area contributed by atoms with Gasteiger partial charge in [0.15, 0.2) is 0 Å². The summed E-state index contributed by atoms with van der Waals surface area (Å²) < 4.78 is 14.0. The number of aliphatic imine (C=N–C) groups is 1. The average Bonchev–Trinajstić information content (AvgIpc) is 3.16. The lowest BCUT2D eigenvalue weighted by molar-refractivity contribution is -0.137. The summed E-state index contributed by atoms with van der Waals surface area (Å²) in [4.78, 5) is 44.6. The highest BCUT2D eigenvalue weighted by molar-refractivity contribution is 6.47. The molecular weight excluding hydrogens is 533 g/mol. The highest BCUT2D eigenvalue weighted by Gasteiger charge is 2.53. The number of hydrogen-bond acceptors (Lipinski definition) is 4. The van der Waals surface area contributed by atoms with Crippen LogP contribution in [-0.2, 0) is 9.59 Å². The third kappa shape index (κ3) is 6.38. The van der Waals surface area contributed by atoms with E-state index in [0.717, 1.165) is 44.1 Å². The largest absolute Gasteiger partial charge is 0.481 e. The predicted molar refractivity (Wildman–Crippen MR) is 153 cm³/mol. The molecule has 4 rings (SSSR count). The first-order valence-electron chi connectivity index (χ1n) is 14.0. The van der Waals surface area contributed by atoms with Gasteiger partial charge in [0.2, 0.25) is 0 Å². The Labute approximate surface area is 239 Å². The van der Waals surface area contributed by atoms with Gasteiger partial charge in [-0.3, -0.25) is 19.4 Å². The molecule has 2 aromatic rings. The Kier molecular flexibility index (Phi) is 9.29. The van der Waals surface area contributed by atoms with Crippen molar-refractivity contribution in [3.8, 4) is 0 Å². The summed E-state index contributed by atoms with van der Waals surface area (Å²) in [5, 5.41) is 11.4. The molecule has 1 saturated carbocycles. The first-order valence-corrected chi connectivity index (χ1v) is 14.4. The number of nitrogens with zero attached hydrogens (tertiary/aromatic N) is 2. The van der Waals surface area contributed by atoms with Crippen molar-refractivity contribution in [2.45, 2.75) is 77.4 Å². The van der Waals surface area contributed by atoms with Crippen molar-refractivity contribution in [3.05, 3.63) is 70.0 Å². The van der Waals surface area contributed by atoms with E-state index < -0.39 is 17.4 Å². The van der Waals surface area contributed by atoms with Crippen LogP contribution in [0.4, 0.5) is 4.39 Å². The Morgan fingerprint density at radius 3 is 2.45 bits per heavy atom. The first-order chi connectivity index (χ1) is 19.0. The molecule has 0 bridgehead atoms. The van der Waals surface area contributed by atoms with Gasteiger partial charge in [0.1, 0.15) is 17.2 Å². The lowest BCUT2D eigenvalue weighted by Crippen LogP contribution is -2.52. The third-order valence-electron chi connectivity index (χ3n) is 7.86. The van der Waals surface area contributed by atoms with Crippen LogP contribution in [0.5, 0.6) is 0 Å². The van der Waals surface area contributed by atoms with E-state index >= 15 is 0 Å². The van der Waals surface area contributed by atoms with Gasteiger partial charge < -0.3 is 15.3 Å². The van der Waals surface area contributed by atoms with Crippen LogP contribution >= 0.6 is 11.6 Å². The maximum absolute atomic E-state index is 14.3. The number of hydrogen-bond donors (Lipinski definition) is 2. The maximum Gasteiger partial charge on any atom is 0.305 e.